The monoisotopic (exact) mass is 1370 g/mol. The maximum atomic E-state index is 13.0. The number of carboxylic acid groups (broad SMARTS) is 2. The zero-order valence-electron chi connectivity index (χ0n) is 53.1. The minimum absolute atomic E-state index is 0.0822. The van der Waals surface area contributed by atoms with Crippen LogP contribution in [0.4, 0.5) is 0 Å². The molecule has 0 saturated carbocycles. The van der Waals surface area contributed by atoms with E-state index < -0.39 is 134 Å². The van der Waals surface area contributed by atoms with Crippen LogP contribution in [0.15, 0.2) is 133 Å². The highest BCUT2D eigenvalue weighted by Gasteiger charge is 2.57. The molecule has 0 aromatic heterocycles. The third-order valence-corrected chi connectivity index (χ3v) is 18.0. The molecule has 2 aliphatic rings. The van der Waals surface area contributed by atoms with Gasteiger partial charge in [-0.3, -0.25) is 28.8 Å². The molecule has 0 bridgehead atoms. The summed E-state index contributed by atoms with van der Waals surface area (Å²) in [5.41, 5.74) is 5.63. The van der Waals surface area contributed by atoms with E-state index >= 15 is 0 Å². The smallest absolute Gasteiger partial charge is 0.364 e. The van der Waals surface area contributed by atoms with Crippen molar-refractivity contribution < 1.29 is 98.2 Å². The van der Waals surface area contributed by atoms with E-state index in [0.29, 0.717) is 48.9 Å². The highest BCUT2D eigenvalue weighted by Crippen LogP contribution is 2.36. The largest absolute Gasteiger partial charge is 0.477 e. The second kappa shape index (κ2) is 37.0. The van der Waals surface area contributed by atoms with Gasteiger partial charge in [0.25, 0.3) is 23.4 Å². The zero-order valence-corrected chi connectivity index (χ0v) is 54.7. The Balaban J connectivity index is 0.752. The summed E-state index contributed by atoms with van der Waals surface area (Å²) in [4.78, 5) is 101. The minimum atomic E-state index is -2.47. The molecule has 14 N–H and O–H groups in total. The summed E-state index contributed by atoms with van der Waals surface area (Å²) in [6.45, 7) is 1.63. The van der Waals surface area contributed by atoms with Gasteiger partial charge in [0.1, 0.15) is 24.4 Å². The van der Waals surface area contributed by atoms with Crippen LogP contribution in [0.2, 0.25) is 0 Å². The fourth-order valence-electron chi connectivity index (χ4n) is 10.9. The lowest BCUT2D eigenvalue weighted by atomic mass is 9.88. The lowest BCUT2D eigenvalue weighted by Crippen LogP contribution is -2.68. The van der Waals surface area contributed by atoms with Gasteiger partial charge in [-0.25, -0.2) is 9.59 Å². The summed E-state index contributed by atoms with van der Waals surface area (Å²) in [5.74, 6) is -9.07. The Bertz CT molecular complexity index is 3140. The third kappa shape index (κ3) is 22.1. The molecule has 0 unspecified atom stereocenters. The number of carboxylic acids is 2. The Hall–Kier alpha value is -7.84. The van der Waals surface area contributed by atoms with Crippen LogP contribution in [0.1, 0.15) is 71.4 Å². The predicted octanol–water partition coefficient (Wildman–Crippen LogP) is 1.79. The molecule has 0 spiro atoms. The first-order chi connectivity index (χ1) is 46.0. The highest BCUT2D eigenvalue weighted by molar-refractivity contribution is 7.99. The van der Waals surface area contributed by atoms with Crippen LogP contribution in [0.25, 0.3) is 22.3 Å². The molecule has 12 atom stereocenters. The first kappa shape index (κ1) is 75.5. The number of aliphatic hydroxyl groups is 6. The number of rotatable bonds is 36. The number of benzene rings is 5. The van der Waals surface area contributed by atoms with Crippen LogP contribution in [0, 0.1) is 0 Å². The van der Waals surface area contributed by atoms with Gasteiger partial charge in [0.15, 0.2) is 0 Å². The number of thioether (sulfide) groups is 2. The fraction of sp³-hybridized carbons (Fsp3) is 0.441. The second-order valence-corrected chi connectivity index (χ2v) is 25.6. The summed E-state index contributed by atoms with van der Waals surface area (Å²) in [6.07, 6.45) is -14.4. The molecule has 96 heavy (non-hydrogen) atoms. The van der Waals surface area contributed by atoms with Crippen molar-refractivity contribution in [3.8, 4) is 22.3 Å². The van der Waals surface area contributed by atoms with E-state index in [1.54, 1.807) is 72.8 Å². The van der Waals surface area contributed by atoms with Crippen LogP contribution >= 0.6 is 23.5 Å². The van der Waals surface area contributed by atoms with E-state index in [9.17, 15) is 79.2 Å². The molecule has 2 heterocycles. The van der Waals surface area contributed by atoms with Crippen molar-refractivity contribution in [2.75, 3.05) is 62.4 Å². The lowest BCUT2D eigenvalue weighted by Gasteiger charge is -2.46. The van der Waals surface area contributed by atoms with Crippen molar-refractivity contribution in [3.63, 3.8) is 0 Å². The number of carbonyl (C=O) groups is 8. The Kier molecular flexibility index (Phi) is 29.1. The summed E-state index contributed by atoms with van der Waals surface area (Å²) >= 11 is 2.91. The summed E-state index contributed by atoms with van der Waals surface area (Å²) in [6, 6.07) is 36.7. The van der Waals surface area contributed by atoms with E-state index in [1.165, 1.54) is 23.5 Å². The van der Waals surface area contributed by atoms with Crippen molar-refractivity contribution in [3.05, 3.63) is 156 Å². The molecule has 2 fully saturated rings. The van der Waals surface area contributed by atoms with Gasteiger partial charge >= 0.3 is 11.9 Å². The average Bonchev–Trinajstić information content (AvgIpc) is 0.778. The van der Waals surface area contributed by atoms with Gasteiger partial charge in [0, 0.05) is 75.5 Å². The maximum absolute atomic E-state index is 13.0. The number of carbonyl (C=O) groups excluding carboxylic acids is 6. The van der Waals surface area contributed by atoms with Crippen molar-refractivity contribution in [2.24, 2.45) is 0 Å². The Morgan fingerprint density at radius 1 is 0.490 bits per heavy atom. The SMILES string of the molecule is CC(=O)N[C@H]1[C@H]([C@H](O)[C@H](O)CNC(=O)c2ccc(-c3ccccc3)cc2)O[C@@](OCCCSCCNC(=O)Cc2ccc(CC(=O)NCCSCCCO[C@]3(C(=O)O)C[C@H](O)[C@@H](NC(C)=O)[C@H]([C@H](O)[C@H](O)CNC(=O)c4ccc(-c5ccccc5)cc4)O3)cc2)(C(=O)O)C[C@@H]1O. The molecule has 28 heteroatoms. The molecule has 2 saturated heterocycles. The number of hydrogen-bond acceptors (Lipinski definition) is 20. The van der Waals surface area contributed by atoms with Gasteiger partial charge in [0.2, 0.25) is 23.6 Å². The molecule has 5 aromatic rings. The predicted molar refractivity (Wildman–Crippen MR) is 355 cm³/mol. The van der Waals surface area contributed by atoms with Crippen molar-refractivity contribution in [2.45, 2.75) is 125 Å². The highest BCUT2D eigenvalue weighted by atomic mass is 32.2. The number of nitrogens with one attached hydrogen (secondary N) is 6. The van der Waals surface area contributed by atoms with Gasteiger partial charge in [-0.15, -0.1) is 0 Å². The van der Waals surface area contributed by atoms with Crippen molar-refractivity contribution in [1.82, 2.24) is 31.9 Å². The van der Waals surface area contributed by atoms with E-state index in [4.69, 9.17) is 18.9 Å². The van der Waals surface area contributed by atoms with Gasteiger partial charge in [0.05, 0.1) is 62.6 Å². The van der Waals surface area contributed by atoms with Crippen molar-refractivity contribution >= 4 is 70.9 Å². The number of ether oxygens (including phenoxy) is 4. The van der Waals surface area contributed by atoms with E-state index in [1.807, 2.05) is 60.7 Å². The molecule has 2 aliphatic heterocycles. The standard InChI is InChI=1S/C68H84N6O20S2/c1-41(75)73-57-51(77)37-67(65(87)88,93-61(57)59(83)53(79)39-71-63(85)49-23-19-47(20-24-49)45-11-5-3-6-12-45)91-29-9-31-95-33-27-69-55(81)35-43-15-17-44(18-16-43)36-56(82)70-28-34-96-32-10-30-92-68(66(89)90)38-52(78)58(74-42(2)76)62(94-68)60(84)54(80)40-72-64(86)50-25-21-48(22-26-50)46-13-7-4-8-14-46/h3-8,11-26,51-54,57-62,77-80,83-84H,9-10,27-40H2,1-2H3,(H,69,81)(H,70,82)(H,71,85)(H,72,86)(H,73,75)(H,74,76)(H,87,88)(H,89,90)/t51-,52-,53+,54+,57+,58+,59+,60+,61+,62+,67+,68+/m0/s1. The van der Waals surface area contributed by atoms with E-state index in [2.05, 4.69) is 31.9 Å². The van der Waals surface area contributed by atoms with Crippen molar-refractivity contribution in [1.29, 1.82) is 0 Å². The summed E-state index contributed by atoms with van der Waals surface area (Å²) < 4.78 is 23.2. The molecule has 0 radical (unpaired) electrons. The van der Waals surface area contributed by atoms with Crippen LogP contribution in [0.3, 0.4) is 0 Å². The van der Waals surface area contributed by atoms with Gasteiger partial charge in [-0.05, 0) is 82.0 Å². The quantitative estimate of drug-likeness (QED) is 0.0254. The average molecular weight is 1370 g/mol. The maximum Gasteiger partial charge on any atom is 0.364 e. The molecule has 5 aromatic carbocycles. The van der Waals surface area contributed by atoms with E-state index in [0.717, 1.165) is 47.2 Å². The van der Waals surface area contributed by atoms with Gasteiger partial charge < -0.3 is 91.7 Å². The number of aliphatic hydroxyl groups excluding tert-OH is 6. The first-order valence-corrected chi connectivity index (χ1v) is 33.7. The summed E-state index contributed by atoms with van der Waals surface area (Å²) in [7, 11) is 0. The molecule has 6 amide bonds. The summed E-state index contributed by atoms with van der Waals surface area (Å²) in [5, 5.41) is 103. The van der Waals surface area contributed by atoms with Gasteiger partial charge in [-0.2, -0.15) is 23.5 Å². The Morgan fingerprint density at radius 3 is 1.17 bits per heavy atom. The van der Waals surface area contributed by atoms with Gasteiger partial charge in [-0.1, -0.05) is 109 Å². The topological polar surface area (TPSA) is 408 Å². The minimum Gasteiger partial charge on any atom is -0.477 e. The number of hydrogen-bond donors (Lipinski definition) is 14. The molecule has 518 valence electrons. The molecular weight excluding hydrogens is 1280 g/mol. The van der Waals surface area contributed by atoms with E-state index in [-0.39, 0.29) is 49.0 Å². The van der Waals surface area contributed by atoms with Crippen LogP contribution < -0.4 is 31.9 Å². The Labute approximate surface area is 563 Å². The zero-order chi connectivity index (χ0) is 69.4. The Morgan fingerprint density at radius 2 is 0.833 bits per heavy atom. The molecular formula is C68H84N6O20S2. The second-order valence-electron chi connectivity index (χ2n) is 23.2. The number of aliphatic carboxylic acids is 2. The molecule has 26 nitrogen and oxygen atoms in total. The number of amides is 6. The van der Waals surface area contributed by atoms with Crippen LogP contribution in [-0.2, 0) is 60.6 Å². The normalized spacial score (nSPS) is 22.0. The lowest BCUT2D eigenvalue weighted by molar-refractivity contribution is -0.310. The van der Waals surface area contributed by atoms with Crippen LogP contribution in [-0.4, -0.2) is 223 Å². The fourth-order valence-corrected chi connectivity index (χ4v) is 12.4. The first-order valence-electron chi connectivity index (χ1n) is 31.3. The third-order valence-electron chi connectivity index (χ3n) is 15.9. The van der Waals surface area contributed by atoms with Crippen LogP contribution in [0.5, 0.6) is 0 Å². The molecule has 7 rings (SSSR count). The molecule has 0 aliphatic carbocycles.